The van der Waals surface area contributed by atoms with Crippen LogP contribution >= 0.6 is 0 Å². The molecule has 0 bridgehead atoms. The van der Waals surface area contributed by atoms with E-state index in [0.717, 1.165) is 18.4 Å². The Hall–Kier alpha value is -2.89. The summed E-state index contributed by atoms with van der Waals surface area (Å²) in [5.74, 6) is -2.17. The molecule has 0 unspecified atom stereocenters. The fraction of sp³-hybridized carbons (Fsp3) is 0.286. The Kier molecular flexibility index (Phi) is 7.31. The van der Waals surface area contributed by atoms with Gasteiger partial charge in [-0.3, -0.25) is 0 Å². The van der Waals surface area contributed by atoms with Crippen molar-refractivity contribution in [3.05, 3.63) is 95.3 Å². The summed E-state index contributed by atoms with van der Waals surface area (Å²) >= 11 is 0. The molecule has 0 amide bonds. The summed E-state index contributed by atoms with van der Waals surface area (Å²) in [6.07, 6.45) is 5.49. The van der Waals surface area contributed by atoms with Gasteiger partial charge in [0.05, 0.1) is 13.2 Å². The van der Waals surface area contributed by atoms with Gasteiger partial charge in [0, 0.05) is 17.9 Å². The number of halogens is 3. The zero-order chi connectivity index (χ0) is 23.4. The molecular formula is C28H27F3O2. The first kappa shape index (κ1) is 23.3. The number of hydrogen-bond donors (Lipinski definition) is 0. The molecule has 1 saturated heterocycles. The number of hydrogen-bond acceptors (Lipinski definition) is 2. The van der Waals surface area contributed by atoms with Crippen molar-refractivity contribution >= 4 is 0 Å². The average Bonchev–Trinajstić information content (AvgIpc) is 2.83. The lowest BCUT2D eigenvalue weighted by molar-refractivity contribution is -0.189. The van der Waals surface area contributed by atoms with Crippen LogP contribution in [0.25, 0.3) is 22.3 Å². The molecule has 0 aromatic heterocycles. The largest absolute Gasteiger partial charge is 0.352 e. The number of ether oxygens (including phenoxy) is 2. The van der Waals surface area contributed by atoms with Gasteiger partial charge in [-0.2, -0.15) is 0 Å². The molecule has 0 atom stereocenters. The summed E-state index contributed by atoms with van der Waals surface area (Å²) in [6, 6.07) is 15.2. The van der Waals surface area contributed by atoms with E-state index in [-0.39, 0.29) is 29.2 Å². The third kappa shape index (κ3) is 5.21. The van der Waals surface area contributed by atoms with E-state index >= 15 is 0 Å². The molecular weight excluding hydrogens is 425 g/mol. The van der Waals surface area contributed by atoms with E-state index in [0.29, 0.717) is 29.9 Å². The molecule has 0 aliphatic carbocycles. The summed E-state index contributed by atoms with van der Waals surface area (Å²) < 4.78 is 54.7. The van der Waals surface area contributed by atoms with Crippen LogP contribution in [0.15, 0.2) is 66.7 Å². The first-order valence-corrected chi connectivity index (χ1v) is 11.2. The molecule has 0 N–H and O–H groups in total. The standard InChI is InChI=1S/C28H27F3O2/c1-3-4-5-6-26-32-16-22(17-33-26)23-14-12-21(15-25(23)29)19-8-10-20(11-9-19)24-13-7-18(2)27(30)28(24)31/h3-4,7-15,22,26H,5-6,16-17H2,1-2H3/b4-3+. The Morgan fingerprint density at radius 1 is 0.848 bits per heavy atom. The zero-order valence-electron chi connectivity index (χ0n) is 18.8. The number of allylic oxidation sites excluding steroid dienone is 2. The molecule has 3 aromatic carbocycles. The van der Waals surface area contributed by atoms with E-state index in [9.17, 15) is 13.2 Å². The van der Waals surface area contributed by atoms with Crippen molar-refractivity contribution in [2.75, 3.05) is 13.2 Å². The van der Waals surface area contributed by atoms with Gasteiger partial charge >= 0.3 is 0 Å². The minimum atomic E-state index is -0.862. The first-order chi connectivity index (χ1) is 16.0. The minimum absolute atomic E-state index is 0.154. The van der Waals surface area contributed by atoms with Crippen molar-refractivity contribution in [1.82, 2.24) is 0 Å². The average molecular weight is 453 g/mol. The van der Waals surface area contributed by atoms with Crippen molar-refractivity contribution < 1.29 is 22.6 Å². The van der Waals surface area contributed by atoms with Gasteiger partial charge in [-0.25, -0.2) is 13.2 Å². The lowest BCUT2D eigenvalue weighted by Crippen LogP contribution is -2.31. The molecule has 1 aliphatic rings. The Labute approximate surface area is 192 Å². The van der Waals surface area contributed by atoms with Gasteiger partial charge in [-0.15, -0.1) is 0 Å². The predicted octanol–water partition coefficient (Wildman–Crippen LogP) is 7.56. The maximum absolute atomic E-state index is 14.9. The van der Waals surface area contributed by atoms with E-state index < -0.39 is 11.6 Å². The van der Waals surface area contributed by atoms with Gasteiger partial charge in [0.2, 0.25) is 0 Å². The van der Waals surface area contributed by atoms with Gasteiger partial charge in [-0.1, -0.05) is 60.7 Å². The molecule has 5 heteroatoms. The Morgan fingerprint density at radius 3 is 2.18 bits per heavy atom. The topological polar surface area (TPSA) is 18.5 Å². The van der Waals surface area contributed by atoms with Crippen molar-refractivity contribution in [1.29, 1.82) is 0 Å². The van der Waals surface area contributed by atoms with Crippen LogP contribution in [-0.4, -0.2) is 19.5 Å². The lowest BCUT2D eigenvalue weighted by atomic mass is 9.95. The second kappa shape index (κ2) is 10.4. The highest BCUT2D eigenvalue weighted by Gasteiger charge is 2.25. The second-order valence-electron chi connectivity index (χ2n) is 8.31. The van der Waals surface area contributed by atoms with Crippen LogP contribution in [0, 0.1) is 24.4 Å². The highest BCUT2D eigenvalue weighted by atomic mass is 19.2. The quantitative estimate of drug-likeness (QED) is 0.359. The predicted molar refractivity (Wildman–Crippen MR) is 124 cm³/mol. The Morgan fingerprint density at radius 2 is 1.52 bits per heavy atom. The highest BCUT2D eigenvalue weighted by molar-refractivity contribution is 5.71. The molecule has 2 nitrogen and oxygen atoms in total. The fourth-order valence-corrected chi connectivity index (χ4v) is 4.04. The second-order valence-corrected chi connectivity index (χ2v) is 8.31. The third-order valence-corrected chi connectivity index (χ3v) is 6.02. The van der Waals surface area contributed by atoms with Crippen molar-refractivity contribution in [2.45, 2.75) is 38.9 Å². The van der Waals surface area contributed by atoms with E-state index in [4.69, 9.17) is 9.47 Å². The maximum Gasteiger partial charge on any atom is 0.166 e. The lowest BCUT2D eigenvalue weighted by Gasteiger charge is -2.29. The zero-order valence-corrected chi connectivity index (χ0v) is 18.8. The van der Waals surface area contributed by atoms with E-state index in [2.05, 4.69) is 6.08 Å². The Bertz CT molecular complexity index is 1130. The van der Waals surface area contributed by atoms with Gasteiger partial charge in [-0.05, 0) is 54.2 Å². The molecule has 172 valence electrons. The van der Waals surface area contributed by atoms with E-state index in [1.54, 1.807) is 42.5 Å². The van der Waals surface area contributed by atoms with Crippen LogP contribution in [0.3, 0.4) is 0 Å². The van der Waals surface area contributed by atoms with Gasteiger partial charge in [0.15, 0.2) is 17.9 Å². The molecule has 0 radical (unpaired) electrons. The third-order valence-electron chi connectivity index (χ3n) is 6.02. The van der Waals surface area contributed by atoms with Gasteiger partial charge in [0.25, 0.3) is 0 Å². The van der Waals surface area contributed by atoms with Crippen LogP contribution in [-0.2, 0) is 9.47 Å². The number of aryl methyl sites for hydroxylation is 1. The molecule has 1 aliphatic heterocycles. The molecule has 1 heterocycles. The van der Waals surface area contributed by atoms with Crippen LogP contribution in [0.1, 0.15) is 36.8 Å². The van der Waals surface area contributed by atoms with Crippen molar-refractivity contribution in [3.63, 3.8) is 0 Å². The number of benzene rings is 3. The summed E-state index contributed by atoms with van der Waals surface area (Å²) in [7, 11) is 0. The minimum Gasteiger partial charge on any atom is -0.352 e. The summed E-state index contributed by atoms with van der Waals surface area (Å²) in [4.78, 5) is 0. The summed E-state index contributed by atoms with van der Waals surface area (Å²) in [5.41, 5.74) is 3.10. The van der Waals surface area contributed by atoms with Gasteiger partial charge in [0.1, 0.15) is 5.82 Å². The normalized spacial score (nSPS) is 18.7. The van der Waals surface area contributed by atoms with Gasteiger partial charge < -0.3 is 9.47 Å². The molecule has 0 spiro atoms. The Balaban J connectivity index is 1.46. The summed E-state index contributed by atoms with van der Waals surface area (Å²) in [5, 5.41) is 0. The smallest absolute Gasteiger partial charge is 0.166 e. The van der Waals surface area contributed by atoms with Crippen LogP contribution < -0.4 is 0 Å². The molecule has 33 heavy (non-hydrogen) atoms. The highest BCUT2D eigenvalue weighted by Crippen LogP contribution is 2.31. The molecule has 0 saturated carbocycles. The number of rotatable bonds is 6. The summed E-state index contributed by atoms with van der Waals surface area (Å²) in [6.45, 7) is 4.34. The van der Waals surface area contributed by atoms with E-state index in [1.807, 2.05) is 19.1 Å². The van der Waals surface area contributed by atoms with E-state index in [1.165, 1.54) is 13.0 Å². The van der Waals surface area contributed by atoms with Crippen molar-refractivity contribution in [2.24, 2.45) is 0 Å². The first-order valence-electron chi connectivity index (χ1n) is 11.2. The SMILES string of the molecule is C/C=C/CCC1OCC(c2ccc(-c3ccc(-c4ccc(C)c(F)c4F)cc3)cc2F)CO1. The van der Waals surface area contributed by atoms with Crippen LogP contribution in [0.2, 0.25) is 0 Å². The molecule has 3 aromatic rings. The van der Waals surface area contributed by atoms with Crippen LogP contribution in [0.5, 0.6) is 0 Å². The van der Waals surface area contributed by atoms with Crippen LogP contribution in [0.4, 0.5) is 13.2 Å². The molecule has 1 fully saturated rings. The maximum atomic E-state index is 14.9. The monoisotopic (exact) mass is 452 g/mol. The molecule has 4 rings (SSSR count). The fourth-order valence-electron chi connectivity index (χ4n) is 4.04. The van der Waals surface area contributed by atoms with Crippen molar-refractivity contribution in [3.8, 4) is 22.3 Å².